The van der Waals surface area contributed by atoms with Crippen molar-refractivity contribution in [1.82, 2.24) is 0 Å². The number of phenolic OH excluding ortho intramolecular Hbond substituents is 1. The summed E-state index contributed by atoms with van der Waals surface area (Å²) in [6, 6.07) is 4.84. The molecule has 1 aliphatic heterocycles. The quantitative estimate of drug-likeness (QED) is 0.196. The van der Waals surface area contributed by atoms with Gasteiger partial charge in [0.1, 0.15) is 63.6 Å². The minimum Gasteiger partial charge on any atom is -0.506 e. The largest absolute Gasteiger partial charge is 0.506 e. The van der Waals surface area contributed by atoms with Crippen molar-refractivity contribution in [3.63, 3.8) is 0 Å². The second-order valence-electron chi connectivity index (χ2n) is 8.60. The molecule has 2 aromatic heterocycles. The number of fused-ring (bicyclic) bond motifs is 3. The van der Waals surface area contributed by atoms with Crippen LogP contribution in [-0.2, 0) is 4.74 Å². The summed E-state index contributed by atoms with van der Waals surface area (Å²) in [4.78, 5) is 37.7. The van der Waals surface area contributed by atoms with Gasteiger partial charge in [0, 0.05) is 6.07 Å². The fourth-order valence-electron chi connectivity index (χ4n) is 4.42. The number of aliphatic hydroxyl groups excluding tert-OH is 4. The third-order valence-electron chi connectivity index (χ3n) is 6.19. The molecule has 13 heteroatoms. The number of aliphatic hydroxyl groups is 4. The van der Waals surface area contributed by atoms with Crippen LogP contribution in [0.4, 0.5) is 0 Å². The lowest BCUT2D eigenvalue weighted by Crippen LogP contribution is -2.60. The van der Waals surface area contributed by atoms with Crippen molar-refractivity contribution in [2.45, 2.75) is 37.6 Å². The van der Waals surface area contributed by atoms with Crippen LogP contribution < -0.4 is 15.8 Å². The molecule has 194 valence electrons. The maximum atomic E-state index is 13.4. The Balaban J connectivity index is 1.72. The maximum Gasteiger partial charge on any atom is 0.347 e. The first-order valence-corrected chi connectivity index (χ1v) is 10.9. The van der Waals surface area contributed by atoms with Crippen LogP contribution in [0, 0.1) is 6.92 Å². The number of carboxylic acids is 1. The summed E-state index contributed by atoms with van der Waals surface area (Å²) in [7, 11) is 0. The molecule has 0 bridgehead atoms. The summed E-state index contributed by atoms with van der Waals surface area (Å²) < 4.78 is 21.5. The van der Waals surface area contributed by atoms with Gasteiger partial charge < -0.3 is 48.9 Å². The molecule has 0 unspecified atom stereocenters. The van der Waals surface area contributed by atoms with Gasteiger partial charge in [0.05, 0.1) is 17.6 Å². The van der Waals surface area contributed by atoms with Gasteiger partial charge in [-0.15, -0.1) is 0 Å². The van der Waals surface area contributed by atoms with E-state index >= 15 is 0 Å². The zero-order chi connectivity index (χ0) is 26.8. The standard InChI is InChI=1S/C24H20O13/c1-7-2-8-3-11-16(18(27)14(8)23(33)34-7)19(28)15-10(22(31)32)4-9(5-12(15)36-11)35-24-21(30)20(29)17(26)13(6-25)37-24/h2-5,13,17,20-21,24-27,29-30H,6H2,1H3,(H,31,32)/t13-,17-,20+,21-,24-/m1/s1. The van der Waals surface area contributed by atoms with Crippen molar-refractivity contribution in [2.24, 2.45) is 0 Å². The predicted octanol–water partition coefficient (Wildman–Crippen LogP) is -0.0565. The highest BCUT2D eigenvalue weighted by molar-refractivity contribution is 6.09. The van der Waals surface area contributed by atoms with Gasteiger partial charge >= 0.3 is 11.6 Å². The van der Waals surface area contributed by atoms with Crippen LogP contribution in [0.2, 0.25) is 0 Å². The van der Waals surface area contributed by atoms with E-state index in [9.17, 15) is 45.0 Å². The number of benzene rings is 2. The number of hydrogen-bond donors (Lipinski definition) is 6. The number of ether oxygens (including phenoxy) is 2. The zero-order valence-electron chi connectivity index (χ0n) is 18.9. The molecule has 1 fully saturated rings. The Kier molecular flexibility index (Phi) is 5.89. The van der Waals surface area contributed by atoms with E-state index < -0.39 is 76.4 Å². The van der Waals surface area contributed by atoms with Gasteiger partial charge in [-0.25, -0.2) is 9.59 Å². The lowest BCUT2D eigenvalue weighted by Gasteiger charge is -2.39. The minimum absolute atomic E-state index is 0.158. The molecule has 3 heterocycles. The van der Waals surface area contributed by atoms with Crippen molar-refractivity contribution in [2.75, 3.05) is 6.61 Å². The first kappa shape index (κ1) is 24.7. The van der Waals surface area contributed by atoms with Crippen LogP contribution in [0.5, 0.6) is 11.5 Å². The number of aromatic hydroxyl groups is 1. The fraction of sp³-hybridized carbons (Fsp3) is 0.292. The van der Waals surface area contributed by atoms with Crippen LogP contribution in [0.25, 0.3) is 32.7 Å². The Morgan fingerprint density at radius 2 is 1.65 bits per heavy atom. The van der Waals surface area contributed by atoms with Crippen LogP contribution in [0.1, 0.15) is 16.1 Å². The van der Waals surface area contributed by atoms with Gasteiger partial charge in [0.25, 0.3) is 0 Å². The first-order valence-electron chi connectivity index (χ1n) is 10.9. The van der Waals surface area contributed by atoms with E-state index in [2.05, 4.69) is 0 Å². The van der Waals surface area contributed by atoms with Crippen LogP contribution in [0.3, 0.4) is 0 Å². The zero-order valence-corrected chi connectivity index (χ0v) is 18.9. The van der Waals surface area contributed by atoms with E-state index in [1.165, 1.54) is 19.1 Å². The Bertz CT molecular complexity index is 1680. The summed E-state index contributed by atoms with van der Waals surface area (Å²) in [5.41, 5.74) is -2.85. The lowest BCUT2D eigenvalue weighted by atomic mass is 9.99. The van der Waals surface area contributed by atoms with Crippen molar-refractivity contribution in [3.8, 4) is 11.5 Å². The molecule has 0 radical (unpaired) electrons. The summed E-state index contributed by atoms with van der Waals surface area (Å²) >= 11 is 0. The summed E-state index contributed by atoms with van der Waals surface area (Å²) in [5.74, 6) is -2.30. The van der Waals surface area contributed by atoms with Gasteiger partial charge in [-0.05, 0) is 30.5 Å². The Hall–Kier alpha value is -4.01. The molecule has 4 aromatic rings. The van der Waals surface area contributed by atoms with E-state index in [4.69, 9.17) is 18.3 Å². The SMILES string of the molecule is Cc1cc2cc3oc4cc(O[C@@H]5O[C@H](CO)[C@@H](O)[C@H](O)[C@H]5O)cc(C(=O)O)c4c(=O)c3c(O)c2c(=O)o1. The molecular formula is C24H20O13. The van der Waals surface area contributed by atoms with Gasteiger partial charge in [0.2, 0.25) is 11.7 Å². The molecule has 5 atom stereocenters. The fourth-order valence-corrected chi connectivity index (χ4v) is 4.42. The van der Waals surface area contributed by atoms with E-state index in [1.807, 2.05) is 0 Å². The van der Waals surface area contributed by atoms with E-state index in [0.29, 0.717) is 0 Å². The Morgan fingerprint density at radius 1 is 0.946 bits per heavy atom. The molecule has 0 aliphatic carbocycles. The Labute approximate surface area is 204 Å². The van der Waals surface area contributed by atoms with Crippen molar-refractivity contribution in [1.29, 1.82) is 0 Å². The number of aromatic carboxylic acids is 1. The number of hydrogen-bond acceptors (Lipinski definition) is 12. The Morgan fingerprint density at radius 3 is 2.32 bits per heavy atom. The lowest BCUT2D eigenvalue weighted by molar-refractivity contribution is -0.277. The number of phenols is 1. The number of rotatable bonds is 4. The number of carbonyl (C=O) groups is 1. The van der Waals surface area contributed by atoms with Crippen LogP contribution in [-0.4, -0.2) is 73.9 Å². The normalized spacial score (nSPS) is 24.1. The molecule has 1 saturated heterocycles. The highest BCUT2D eigenvalue weighted by Crippen LogP contribution is 2.35. The average Bonchev–Trinajstić information content (AvgIpc) is 2.83. The highest BCUT2D eigenvalue weighted by atomic mass is 16.7. The summed E-state index contributed by atoms with van der Waals surface area (Å²) in [5, 5.41) is 59.1. The molecule has 5 rings (SSSR count). The smallest absolute Gasteiger partial charge is 0.347 e. The molecule has 2 aromatic carbocycles. The third kappa shape index (κ3) is 3.89. The molecule has 6 N–H and O–H groups in total. The second kappa shape index (κ2) is 8.83. The second-order valence-corrected chi connectivity index (χ2v) is 8.60. The van der Waals surface area contributed by atoms with E-state index in [0.717, 1.165) is 12.1 Å². The van der Waals surface area contributed by atoms with Gasteiger partial charge in [-0.1, -0.05) is 0 Å². The predicted molar refractivity (Wildman–Crippen MR) is 124 cm³/mol. The third-order valence-corrected chi connectivity index (χ3v) is 6.19. The summed E-state index contributed by atoms with van der Waals surface area (Å²) in [6.45, 7) is 0.805. The molecule has 0 spiro atoms. The van der Waals surface area contributed by atoms with Crippen LogP contribution in [0.15, 0.2) is 42.7 Å². The molecule has 13 nitrogen and oxygen atoms in total. The van der Waals surface area contributed by atoms with Gasteiger partial charge in [0.15, 0.2) is 0 Å². The highest BCUT2D eigenvalue weighted by Gasteiger charge is 2.44. The van der Waals surface area contributed by atoms with Gasteiger partial charge in [-0.3, -0.25) is 4.79 Å². The average molecular weight is 516 g/mol. The van der Waals surface area contributed by atoms with Gasteiger partial charge in [-0.2, -0.15) is 0 Å². The molecule has 0 saturated carbocycles. The number of aryl methyl sites for hydroxylation is 1. The summed E-state index contributed by atoms with van der Waals surface area (Å²) in [6.07, 6.45) is -8.05. The van der Waals surface area contributed by atoms with Crippen molar-refractivity contribution >= 4 is 38.7 Å². The molecular weight excluding hydrogens is 496 g/mol. The monoisotopic (exact) mass is 516 g/mol. The number of carboxylic acid groups (broad SMARTS) is 1. The van der Waals surface area contributed by atoms with E-state index in [1.54, 1.807) is 0 Å². The minimum atomic E-state index is -1.77. The molecule has 37 heavy (non-hydrogen) atoms. The maximum absolute atomic E-state index is 13.4. The van der Waals surface area contributed by atoms with Crippen molar-refractivity contribution < 1.29 is 53.7 Å². The topological polar surface area (TPSA) is 217 Å². The molecule has 0 amide bonds. The van der Waals surface area contributed by atoms with Crippen LogP contribution >= 0.6 is 0 Å². The molecule has 1 aliphatic rings. The van der Waals surface area contributed by atoms with E-state index in [-0.39, 0.29) is 33.4 Å². The first-order chi connectivity index (χ1) is 17.5. The van der Waals surface area contributed by atoms with Crippen molar-refractivity contribution in [3.05, 3.63) is 56.2 Å².